The van der Waals surface area contributed by atoms with Crippen LogP contribution < -0.4 is 0 Å². The molecule has 0 N–H and O–H groups in total. The zero-order valence-corrected chi connectivity index (χ0v) is 7.92. The van der Waals surface area contributed by atoms with Crippen molar-refractivity contribution >= 4 is 11.7 Å². The summed E-state index contributed by atoms with van der Waals surface area (Å²) < 4.78 is 7.61. The fourth-order valence-corrected chi connectivity index (χ4v) is 0.762. The third-order valence-electron chi connectivity index (χ3n) is 0.701. The van der Waals surface area contributed by atoms with Gasteiger partial charge in [0, 0.05) is 32.2 Å². The minimum absolute atomic E-state index is 0. The van der Waals surface area contributed by atoms with Crippen molar-refractivity contribution in [1.82, 2.24) is 8.75 Å². The molecule has 45 valence electrons. The van der Waals surface area contributed by atoms with Gasteiger partial charge in [-0.15, -0.1) is 5.69 Å². The Bertz CT molecular complexity index is 129. The van der Waals surface area contributed by atoms with Crippen LogP contribution in [-0.2, 0) is 26.8 Å². The third-order valence-corrected chi connectivity index (χ3v) is 1.18. The average Bonchev–Trinajstić information content (AvgIpc) is 2.14. The molecule has 2 nitrogen and oxygen atoms in total. The monoisotopic (exact) mass is 300 g/mol. The zero-order chi connectivity index (χ0) is 5.11. The van der Waals surface area contributed by atoms with Gasteiger partial charge in [-0.2, -0.15) is 0 Å². The maximum absolute atomic E-state index is 3.91. The van der Waals surface area contributed by atoms with Crippen LogP contribution in [0.4, 0.5) is 0 Å². The first-order chi connectivity index (χ1) is 3.43. The number of aryl methyl sites for hydroxylation is 1. The van der Waals surface area contributed by atoms with E-state index in [0.717, 1.165) is 12.1 Å². The summed E-state index contributed by atoms with van der Waals surface area (Å²) in [5.74, 6) is 0. The van der Waals surface area contributed by atoms with Crippen molar-refractivity contribution < 1.29 is 20.4 Å². The van der Waals surface area contributed by atoms with Crippen molar-refractivity contribution in [3.63, 3.8) is 0 Å². The molecule has 0 aliphatic carbocycles. The van der Waals surface area contributed by atoms with E-state index in [0.29, 0.717) is 0 Å². The van der Waals surface area contributed by atoms with Crippen LogP contribution in [0.3, 0.4) is 0 Å². The van der Waals surface area contributed by atoms with Crippen LogP contribution in [0.1, 0.15) is 12.6 Å². The Morgan fingerprint density at radius 2 is 2.50 bits per heavy atom. The summed E-state index contributed by atoms with van der Waals surface area (Å²) in [6, 6.07) is 0. The van der Waals surface area contributed by atoms with Gasteiger partial charge in [0.1, 0.15) is 0 Å². The first-order valence-electron chi connectivity index (χ1n) is 2.12. The van der Waals surface area contributed by atoms with E-state index in [1.54, 1.807) is 0 Å². The third kappa shape index (κ3) is 2.00. The minimum atomic E-state index is 0. The summed E-state index contributed by atoms with van der Waals surface area (Å²) >= 11 is 1.21. The van der Waals surface area contributed by atoms with Crippen molar-refractivity contribution in [2.75, 3.05) is 0 Å². The Kier molecular flexibility index (Phi) is 4.25. The predicted molar refractivity (Wildman–Crippen MR) is 28.1 cm³/mol. The van der Waals surface area contributed by atoms with E-state index in [1.807, 2.05) is 6.92 Å². The summed E-state index contributed by atoms with van der Waals surface area (Å²) in [5, 5.41) is 0. The standard InChI is InChI=1S/C4H5N2S.Re/c1-2-4-3-5-7-6-4;/h2H2,1H3;/q-1;. The van der Waals surface area contributed by atoms with Gasteiger partial charge in [0.05, 0.1) is 0 Å². The molecule has 1 heterocycles. The predicted octanol–water partition coefficient (Wildman–Crippen LogP) is 0.898. The van der Waals surface area contributed by atoms with E-state index in [-0.39, 0.29) is 20.4 Å². The first-order valence-corrected chi connectivity index (χ1v) is 2.85. The van der Waals surface area contributed by atoms with E-state index in [9.17, 15) is 0 Å². The maximum Gasteiger partial charge on any atom is 0.0262 e. The van der Waals surface area contributed by atoms with Crippen molar-refractivity contribution in [1.29, 1.82) is 0 Å². The van der Waals surface area contributed by atoms with Crippen LogP contribution in [0.2, 0.25) is 0 Å². The fourth-order valence-electron chi connectivity index (χ4n) is 0.307. The molecule has 0 saturated heterocycles. The van der Waals surface area contributed by atoms with Crippen LogP contribution in [0.25, 0.3) is 0 Å². The van der Waals surface area contributed by atoms with Gasteiger partial charge in [0.15, 0.2) is 0 Å². The second-order valence-corrected chi connectivity index (χ2v) is 1.70. The molecule has 8 heavy (non-hydrogen) atoms. The molecule has 1 aromatic rings. The van der Waals surface area contributed by atoms with Crippen LogP contribution in [0.5, 0.6) is 0 Å². The molecule has 0 aliphatic rings. The van der Waals surface area contributed by atoms with E-state index in [2.05, 4.69) is 14.9 Å². The molecule has 0 aromatic carbocycles. The molecule has 1 radical (unpaired) electrons. The summed E-state index contributed by atoms with van der Waals surface area (Å²) in [6.07, 6.45) is 3.69. The Morgan fingerprint density at radius 3 is 2.75 bits per heavy atom. The SMILES string of the molecule is CCc1[c-]nsn1.[Re]. The summed E-state index contributed by atoms with van der Waals surface area (Å²) in [5.41, 5.74) is 0.963. The molecule has 0 unspecified atom stereocenters. The van der Waals surface area contributed by atoms with Gasteiger partial charge in [0.2, 0.25) is 0 Å². The topological polar surface area (TPSA) is 25.8 Å². The van der Waals surface area contributed by atoms with Gasteiger partial charge in [0.25, 0.3) is 0 Å². The second kappa shape index (κ2) is 4.14. The first kappa shape index (κ1) is 8.22. The second-order valence-electron chi connectivity index (χ2n) is 1.18. The minimum Gasteiger partial charge on any atom is -0.394 e. The van der Waals surface area contributed by atoms with Crippen LogP contribution in [0.15, 0.2) is 0 Å². The number of nitrogens with zero attached hydrogens (tertiary/aromatic N) is 2. The Morgan fingerprint density at radius 1 is 1.75 bits per heavy atom. The Balaban J connectivity index is 0.000000490. The molecule has 4 heteroatoms. The van der Waals surface area contributed by atoms with Gasteiger partial charge in [-0.25, -0.2) is 4.37 Å². The summed E-state index contributed by atoms with van der Waals surface area (Å²) in [4.78, 5) is 0. The molecule has 0 atom stereocenters. The van der Waals surface area contributed by atoms with E-state index in [4.69, 9.17) is 0 Å². The normalized spacial score (nSPS) is 8.12. The van der Waals surface area contributed by atoms with Crippen molar-refractivity contribution in [3.05, 3.63) is 11.9 Å². The fraction of sp³-hybridized carbons (Fsp3) is 0.500. The van der Waals surface area contributed by atoms with E-state index in [1.165, 1.54) is 11.7 Å². The zero-order valence-electron chi connectivity index (χ0n) is 4.39. The molecule has 0 saturated carbocycles. The van der Waals surface area contributed by atoms with Crippen LogP contribution in [-0.4, -0.2) is 8.75 Å². The Hall–Kier alpha value is 0.222. The van der Waals surface area contributed by atoms with Crippen molar-refractivity contribution in [3.8, 4) is 0 Å². The Labute approximate surface area is 66.3 Å². The van der Waals surface area contributed by atoms with Gasteiger partial charge in [-0.3, -0.25) is 0 Å². The van der Waals surface area contributed by atoms with Crippen molar-refractivity contribution in [2.24, 2.45) is 0 Å². The molecule has 1 aromatic heterocycles. The molecule has 0 fully saturated rings. The molecular formula is C4H5N2ReS-. The van der Waals surface area contributed by atoms with Gasteiger partial charge >= 0.3 is 0 Å². The number of hydrogen-bond acceptors (Lipinski definition) is 3. The largest absolute Gasteiger partial charge is 0.394 e. The van der Waals surface area contributed by atoms with Crippen molar-refractivity contribution in [2.45, 2.75) is 13.3 Å². The number of aromatic nitrogens is 2. The molecule has 0 bridgehead atoms. The number of hydrogen-bond donors (Lipinski definition) is 0. The average molecular weight is 299 g/mol. The van der Waals surface area contributed by atoms with Gasteiger partial charge < -0.3 is 10.6 Å². The van der Waals surface area contributed by atoms with E-state index < -0.39 is 0 Å². The smallest absolute Gasteiger partial charge is 0.0262 e. The van der Waals surface area contributed by atoms with Crippen LogP contribution >= 0.6 is 11.7 Å². The van der Waals surface area contributed by atoms with Crippen LogP contribution in [0, 0.1) is 6.20 Å². The molecule has 0 amide bonds. The maximum atomic E-state index is 3.91. The summed E-state index contributed by atoms with van der Waals surface area (Å²) in [7, 11) is 0. The molecule has 1 rings (SSSR count). The molecule has 0 spiro atoms. The van der Waals surface area contributed by atoms with Gasteiger partial charge in [-0.1, -0.05) is 6.92 Å². The van der Waals surface area contributed by atoms with Gasteiger partial charge in [-0.05, 0) is 6.42 Å². The quantitative estimate of drug-likeness (QED) is 0.720. The number of rotatable bonds is 1. The molecule has 0 aliphatic heterocycles. The van der Waals surface area contributed by atoms with E-state index >= 15 is 0 Å². The summed E-state index contributed by atoms with van der Waals surface area (Å²) in [6.45, 7) is 2.03. The molecular weight excluding hydrogens is 294 g/mol.